The molecule has 2 aliphatic heterocycles. The second kappa shape index (κ2) is 8.94. The van der Waals surface area contributed by atoms with Gasteiger partial charge in [0.05, 0.1) is 11.1 Å². The molecular weight excluding hydrogens is 418 g/mol. The van der Waals surface area contributed by atoms with Gasteiger partial charge in [-0.1, -0.05) is 29.7 Å². The van der Waals surface area contributed by atoms with Crippen LogP contribution in [-0.4, -0.2) is 66.6 Å². The van der Waals surface area contributed by atoms with Crippen molar-refractivity contribution >= 4 is 34.1 Å². The number of rotatable bonds is 5. The van der Waals surface area contributed by atoms with Gasteiger partial charge in [0, 0.05) is 62.1 Å². The second-order valence-corrected chi connectivity index (χ2v) is 9.36. The SMILES string of the molecule is C#C[C@@](C)(c1ccc(Cl)cc1)c1csc(NC(=O)N2CC(CN3CCNCC3)C2)n1. The molecule has 8 heteroatoms. The zero-order chi connectivity index (χ0) is 21.1. The van der Waals surface area contributed by atoms with E-state index in [4.69, 9.17) is 18.0 Å². The third-order valence-electron chi connectivity index (χ3n) is 5.91. The highest BCUT2D eigenvalue weighted by molar-refractivity contribution is 7.14. The summed E-state index contributed by atoms with van der Waals surface area (Å²) in [5.41, 5.74) is 0.999. The van der Waals surface area contributed by atoms with Crippen LogP contribution in [0.25, 0.3) is 0 Å². The van der Waals surface area contributed by atoms with E-state index in [1.807, 2.05) is 41.5 Å². The third kappa shape index (κ3) is 4.47. The normalized spacial score (nSPS) is 19.6. The minimum atomic E-state index is -0.685. The number of hydrogen-bond donors (Lipinski definition) is 2. The summed E-state index contributed by atoms with van der Waals surface area (Å²) in [7, 11) is 0. The number of aromatic nitrogens is 1. The van der Waals surface area contributed by atoms with Crippen LogP contribution in [0.3, 0.4) is 0 Å². The predicted molar refractivity (Wildman–Crippen MR) is 122 cm³/mol. The Hall–Kier alpha value is -2.11. The van der Waals surface area contributed by atoms with E-state index in [9.17, 15) is 4.79 Å². The molecule has 1 aromatic carbocycles. The lowest BCUT2D eigenvalue weighted by Gasteiger charge is -2.42. The average molecular weight is 444 g/mol. The molecule has 0 aliphatic carbocycles. The molecule has 2 N–H and O–H groups in total. The summed E-state index contributed by atoms with van der Waals surface area (Å²) < 4.78 is 0. The number of carbonyl (C=O) groups excluding carboxylic acids is 1. The predicted octanol–water partition coefficient (Wildman–Crippen LogP) is 3.10. The molecular formula is C22H26ClN5OS. The Balaban J connectivity index is 1.33. The molecule has 2 aliphatic rings. The largest absolute Gasteiger partial charge is 0.324 e. The van der Waals surface area contributed by atoms with Crippen molar-refractivity contribution in [2.75, 3.05) is 51.1 Å². The van der Waals surface area contributed by atoms with E-state index >= 15 is 0 Å². The minimum Gasteiger partial charge on any atom is -0.324 e. The van der Waals surface area contributed by atoms with Gasteiger partial charge in [0.15, 0.2) is 5.13 Å². The molecule has 2 saturated heterocycles. The van der Waals surface area contributed by atoms with Crippen molar-refractivity contribution in [2.24, 2.45) is 5.92 Å². The summed E-state index contributed by atoms with van der Waals surface area (Å²) in [6.07, 6.45) is 5.87. The first-order valence-corrected chi connectivity index (χ1v) is 11.4. The van der Waals surface area contributed by atoms with Gasteiger partial charge in [-0.05, 0) is 24.6 Å². The molecule has 158 valence electrons. The van der Waals surface area contributed by atoms with E-state index in [-0.39, 0.29) is 6.03 Å². The van der Waals surface area contributed by atoms with Crippen molar-refractivity contribution in [3.8, 4) is 12.3 Å². The number of benzene rings is 1. The number of carbonyl (C=O) groups is 1. The summed E-state index contributed by atoms with van der Waals surface area (Å²) in [5, 5.41) is 9.43. The van der Waals surface area contributed by atoms with Gasteiger partial charge in [0.1, 0.15) is 0 Å². The average Bonchev–Trinajstić information content (AvgIpc) is 3.20. The molecule has 0 radical (unpaired) electrons. The molecule has 0 saturated carbocycles. The maximum atomic E-state index is 12.6. The van der Waals surface area contributed by atoms with E-state index in [2.05, 4.69) is 26.4 Å². The van der Waals surface area contributed by atoms with E-state index in [0.29, 0.717) is 16.1 Å². The molecule has 0 unspecified atom stereocenters. The number of urea groups is 1. The van der Waals surface area contributed by atoms with Gasteiger partial charge in [0.2, 0.25) is 0 Å². The van der Waals surface area contributed by atoms with Gasteiger partial charge in [-0.2, -0.15) is 0 Å². The molecule has 2 aromatic rings. The van der Waals surface area contributed by atoms with Crippen molar-refractivity contribution in [1.29, 1.82) is 0 Å². The molecule has 3 heterocycles. The number of halogens is 1. The molecule has 6 nitrogen and oxygen atoms in total. The zero-order valence-electron chi connectivity index (χ0n) is 17.0. The number of piperazine rings is 1. The summed E-state index contributed by atoms with van der Waals surface area (Å²) in [6, 6.07) is 7.38. The Labute approximate surface area is 186 Å². The number of amides is 2. The number of hydrogen-bond acceptors (Lipinski definition) is 5. The fraction of sp³-hybridized carbons (Fsp3) is 0.455. The van der Waals surface area contributed by atoms with Gasteiger partial charge >= 0.3 is 6.03 Å². The van der Waals surface area contributed by atoms with Crippen LogP contribution in [-0.2, 0) is 5.41 Å². The van der Waals surface area contributed by atoms with Gasteiger partial charge in [0.25, 0.3) is 0 Å². The van der Waals surface area contributed by atoms with Gasteiger partial charge in [-0.25, -0.2) is 9.78 Å². The first-order valence-electron chi connectivity index (χ1n) is 10.2. The Morgan fingerprint density at radius 2 is 2.07 bits per heavy atom. The summed E-state index contributed by atoms with van der Waals surface area (Å²) in [5.74, 6) is 3.41. The van der Waals surface area contributed by atoms with Crippen LogP contribution in [0.15, 0.2) is 29.6 Å². The maximum Gasteiger partial charge on any atom is 0.323 e. The second-order valence-electron chi connectivity index (χ2n) is 8.07. The smallest absolute Gasteiger partial charge is 0.323 e. The van der Waals surface area contributed by atoms with Crippen LogP contribution in [0.4, 0.5) is 9.93 Å². The number of thiazole rings is 1. The summed E-state index contributed by atoms with van der Waals surface area (Å²) >= 11 is 7.40. The van der Waals surface area contributed by atoms with Crippen molar-refractivity contribution in [3.05, 3.63) is 45.9 Å². The molecule has 0 spiro atoms. The van der Waals surface area contributed by atoms with Crippen molar-refractivity contribution in [1.82, 2.24) is 20.1 Å². The fourth-order valence-electron chi connectivity index (χ4n) is 3.93. The number of nitrogens with one attached hydrogen (secondary N) is 2. The van der Waals surface area contributed by atoms with E-state index in [1.54, 1.807) is 0 Å². The lowest BCUT2D eigenvalue weighted by molar-refractivity contribution is 0.0916. The van der Waals surface area contributed by atoms with Gasteiger partial charge in [-0.3, -0.25) is 5.32 Å². The van der Waals surface area contributed by atoms with Gasteiger partial charge < -0.3 is 15.1 Å². The first kappa shape index (κ1) is 21.1. The van der Waals surface area contributed by atoms with Crippen molar-refractivity contribution in [2.45, 2.75) is 12.3 Å². The highest BCUT2D eigenvalue weighted by atomic mass is 35.5. The minimum absolute atomic E-state index is 0.0960. The molecule has 1 atom stereocenters. The lowest BCUT2D eigenvalue weighted by Crippen LogP contribution is -2.56. The van der Waals surface area contributed by atoms with Gasteiger partial charge in [-0.15, -0.1) is 17.8 Å². The van der Waals surface area contributed by atoms with E-state index in [0.717, 1.165) is 57.1 Å². The molecule has 30 heavy (non-hydrogen) atoms. The van der Waals surface area contributed by atoms with Crippen molar-refractivity contribution in [3.63, 3.8) is 0 Å². The topological polar surface area (TPSA) is 60.5 Å². The number of likely N-dealkylation sites (tertiary alicyclic amines) is 1. The Bertz CT molecular complexity index is 928. The van der Waals surface area contributed by atoms with Crippen LogP contribution in [0.1, 0.15) is 18.2 Å². The van der Waals surface area contributed by atoms with Crippen LogP contribution < -0.4 is 10.6 Å². The summed E-state index contributed by atoms with van der Waals surface area (Å²) in [6.45, 7) is 8.88. The highest BCUT2D eigenvalue weighted by Crippen LogP contribution is 2.34. The fourth-order valence-corrected chi connectivity index (χ4v) is 4.86. The van der Waals surface area contributed by atoms with E-state index < -0.39 is 5.41 Å². The number of anilines is 1. The Morgan fingerprint density at radius 1 is 1.37 bits per heavy atom. The van der Waals surface area contributed by atoms with E-state index in [1.165, 1.54) is 11.3 Å². The Morgan fingerprint density at radius 3 is 2.73 bits per heavy atom. The third-order valence-corrected chi connectivity index (χ3v) is 6.92. The lowest BCUT2D eigenvalue weighted by atomic mass is 9.81. The highest BCUT2D eigenvalue weighted by Gasteiger charge is 2.33. The number of nitrogens with zero attached hydrogens (tertiary/aromatic N) is 3. The van der Waals surface area contributed by atoms with Crippen LogP contribution in [0, 0.1) is 18.3 Å². The first-order chi connectivity index (χ1) is 14.5. The molecule has 4 rings (SSSR count). The quantitative estimate of drug-likeness (QED) is 0.697. The summed E-state index contributed by atoms with van der Waals surface area (Å²) in [4.78, 5) is 21.5. The van der Waals surface area contributed by atoms with Crippen LogP contribution >= 0.6 is 22.9 Å². The maximum absolute atomic E-state index is 12.6. The number of terminal acetylenes is 1. The zero-order valence-corrected chi connectivity index (χ0v) is 18.6. The Kier molecular flexibility index (Phi) is 6.30. The van der Waals surface area contributed by atoms with Crippen molar-refractivity contribution < 1.29 is 4.79 Å². The van der Waals surface area contributed by atoms with Crippen LogP contribution in [0.2, 0.25) is 5.02 Å². The molecule has 2 amide bonds. The van der Waals surface area contributed by atoms with Crippen LogP contribution in [0.5, 0.6) is 0 Å². The molecule has 2 fully saturated rings. The molecule has 0 bridgehead atoms. The molecule has 1 aromatic heterocycles. The standard InChI is InChI=1S/C22H26ClN5OS/c1-3-22(2,17-4-6-18(23)7-5-17)19-15-30-20(25-19)26-21(29)28-13-16(14-28)12-27-10-8-24-9-11-27/h1,4-7,15-16,24H,8-14H2,2H3,(H,25,26,29)/t22-/m0/s1. The monoisotopic (exact) mass is 443 g/mol.